The molecule has 4 heteroatoms. The molecular formula is C16H22ClN3. The molecule has 2 aromatic rings. The third-order valence-corrected chi connectivity index (χ3v) is 4.62. The van der Waals surface area contributed by atoms with E-state index in [2.05, 4.69) is 28.2 Å². The molecule has 1 aliphatic rings. The van der Waals surface area contributed by atoms with Crippen LogP contribution in [0.2, 0.25) is 5.02 Å². The lowest BCUT2D eigenvalue weighted by molar-refractivity contribution is 0.212. The fourth-order valence-electron chi connectivity index (χ4n) is 3.23. The Hall–Kier alpha value is -1.03. The predicted molar refractivity (Wildman–Crippen MR) is 85.4 cm³/mol. The van der Waals surface area contributed by atoms with E-state index in [-0.39, 0.29) is 0 Å². The number of rotatable bonds is 4. The first-order valence-electron chi connectivity index (χ1n) is 7.47. The van der Waals surface area contributed by atoms with Crippen molar-refractivity contribution in [3.05, 3.63) is 35.0 Å². The van der Waals surface area contributed by atoms with Gasteiger partial charge in [-0.3, -0.25) is 0 Å². The third kappa shape index (κ3) is 2.85. The molecule has 0 bridgehead atoms. The summed E-state index contributed by atoms with van der Waals surface area (Å²) < 4.78 is 0. The molecule has 0 radical (unpaired) electrons. The zero-order valence-electron chi connectivity index (χ0n) is 11.7. The zero-order valence-corrected chi connectivity index (χ0v) is 12.5. The summed E-state index contributed by atoms with van der Waals surface area (Å²) in [6.45, 7) is 4.29. The van der Waals surface area contributed by atoms with Crippen molar-refractivity contribution in [3.8, 4) is 0 Å². The molecule has 108 valence electrons. The average molecular weight is 292 g/mol. The van der Waals surface area contributed by atoms with Crippen LogP contribution in [0.4, 0.5) is 0 Å². The summed E-state index contributed by atoms with van der Waals surface area (Å²) in [4.78, 5) is 5.90. The molecule has 2 heterocycles. The number of nitrogens with one attached hydrogen (secondary N) is 1. The topological polar surface area (TPSA) is 45.0 Å². The summed E-state index contributed by atoms with van der Waals surface area (Å²) in [5.41, 5.74) is 8.20. The summed E-state index contributed by atoms with van der Waals surface area (Å²) in [5.74, 6) is 0.649. The van der Waals surface area contributed by atoms with Crippen molar-refractivity contribution in [1.29, 1.82) is 0 Å². The van der Waals surface area contributed by atoms with E-state index in [4.69, 9.17) is 17.3 Å². The highest BCUT2D eigenvalue weighted by atomic mass is 35.5. The van der Waals surface area contributed by atoms with E-state index in [0.717, 1.165) is 24.5 Å². The minimum absolute atomic E-state index is 0.649. The van der Waals surface area contributed by atoms with Crippen LogP contribution in [-0.2, 0) is 0 Å². The van der Waals surface area contributed by atoms with Crippen LogP contribution in [0.5, 0.6) is 0 Å². The normalized spacial score (nSPS) is 17.9. The van der Waals surface area contributed by atoms with E-state index in [1.54, 1.807) is 0 Å². The maximum Gasteiger partial charge on any atom is 0.0457 e. The number of aromatic amines is 1. The monoisotopic (exact) mass is 291 g/mol. The van der Waals surface area contributed by atoms with Crippen molar-refractivity contribution in [2.45, 2.75) is 25.2 Å². The lowest BCUT2D eigenvalue weighted by Crippen LogP contribution is -2.34. The van der Waals surface area contributed by atoms with Gasteiger partial charge in [-0.15, -0.1) is 0 Å². The van der Waals surface area contributed by atoms with E-state index < -0.39 is 0 Å². The van der Waals surface area contributed by atoms with Gasteiger partial charge >= 0.3 is 0 Å². The first-order chi connectivity index (χ1) is 9.78. The molecule has 1 saturated heterocycles. The Morgan fingerprint density at radius 1 is 1.30 bits per heavy atom. The van der Waals surface area contributed by atoms with Crippen molar-refractivity contribution in [2.75, 3.05) is 26.2 Å². The van der Waals surface area contributed by atoms with Crippen molar-refractivity contribution in [2.24, 2.45) is 5.73 Å². The van der Waals surface area contributed by atoms with E-state index >= 15 is 0 Å². The van der Waals surface area contributed by atoms with Crippen LogP contribution in [0.15, 0.2) is 24.4 Å². The number of benzene rings is 1. The van der Waals surface area contributed by atoms with Crippen LogP contribution in [0.25, 0.3) is 10.9 Å². The van der Waals surface area contributed by atoms with Crippen molar-refractivity contribution < 1.29 is 0 Å². The Morgan fingerprint density at radius 3 is 2.85 bits per heavy atom. The second kappa shape index (κ2) is 6.17. The molecule has 0 saturated carbocycles. The van der Waals surface area contributed by atoms with E-state index in [0.29, 0.717) is 5.92 Å². The van der Waals surface area contributed by atoms with Crippen molar-refractivity contribution in [1.82, 2.24) is 9.88 Å². The van der Waals surface area contributed by atoms with Gasteiger partial charge in [0.25, 0.3) is 0 Å². The van der Waals surface area contributed by atoms with Gasteiger partial charge in [-0.25, -0.2) is 0 Å². The predicted octanol–water partition coefficient (Wildman–Crippen LogP) is 3.35. The van der Waals surface area contributed by atoms with Gasteiger partial charge in [0.15, 0.2) is 0 Å². The highest BCUT2D eigenvalue weighted by Crippen LogP contribution is 2.34. The molecule has 3 N–H and O–H groups in total. The van der Waals surface area contributed by atoms with E-state index in [9.17, 15) is 0 Å². The van der Waals surface area contributed by atoms with E-state index in [1.807, 2.05) is 6.07 Å². The van der Waals surface area contributed by atoms with Gasteiger partial charge in [-0.05, 0) is 75.1 Å². The van der Waals surface area contributed by atoms with Gasteiger partial charge < -0.3 is 15.6 Å². The number of likely N-dealkylation sites (tertiary alicyclic amines) is 1. The number of halogens is 1. The molecule has 3 rings (SSSR count). The summed E-state index contributed by atoms with van der Waals surface area (Å²) in [7, 11) is 0. The van der Waals surface area contributed by atoms with Crippen LogP contribution in [0.1, 0.15) is 30.7 Å². The highest BCUT2D eigenvalue weighted by Gasteiger charge is 2.22. The first-order valence-corrected chi connectivity index (χ1v) is 7.84. The smallest absolute Gasteiger partial charge is 0.0457 e. The number of aromatic nitrogens is 1. The molecular weight excluding hydrogens is 270 g/mol. The molecule has 1 aromatic carbocycles. The van der Waals surface area contributed by atoms with Crippen LogP contribution in [0.3, 0.4) is 0 Å². The number of nitrogens with zero attached hydrogens (tertiary/aromatic N) is 1. The lowest BCUT2D eigenvalue weighted by Gasteiger charge is -2.31. The van der Waals surface area contributed by atoms with Gasteiger partial charge in [-0.1, -0.05) is 11.6 Å². The van der Waals surface area contributed by atoms with Crippen LogP contribution in [0, 0.1) is 0 Å². The molecule has 1 aromatic heterocycles. The fraction of sp³-hybridized carbons (Fsp3) is 0.500. The third-order valence-electron chi connectivity index (χ3n) is 4.38. The second-order valence-corrected chi connectivity index (χ2v) is 6.13. The van der Waals surface area contributed by atoms with Gasteiger partial charge in [0.05, 0.1) is 0 Å². The van der Waals surface area contributed by atoms with Crippen LogP contribution in [-0.4, -0.2) is 36.1 Å². The van der Waals surface area contributed by atoms with E-state index in [1.165, 1.54) is 42.4 Å². The number of fused-ring (bicyclic) bond motifs is 1. The van der Waals surface area contributed by atoms with Crippen molar-refractivity contribution in [3.63, 3.8) is 0 Å². The van der Waals surface area contributed by atoms with Gasteiger partial charge in [0.2, 0.25) is 0 Å². The number of nitrogens with two attached hydrogens (primary N) is 1. The van der Waals surface area contributed by atoms with Gasteiger partial charge in [0, 0.05) is 22.1 Å². The lowest BCUT2D eigenvalue weighted by atomic mass is 9.89. The number of hydrogen-bond acceptors (Lipinski definition) is 2. The summed E-state index contributed by atoms with van der Waals surface area (Å²) in [6, 6.07) is 6.10. The zero-order chi connectivity index (χ0) is 13.9. The Balaban J connectivity index is 1.72. The molecule has 0 amide bonds. The average Bonchev–Trinajstić information content (AvgIpc) is 2.88. The summed E-state index contributed by atoms with van der Waals surface area (Å²) in [6.07, 6.45) is 5.72. The highest BCUT2D eigenvalue weighted by molar-refractivity contribution is 6.31. The number of piperidine rings is 1. The standard InChI is InChI=1S/C16H22ClN3/c17-13-2-3-16-14(10-13)15(11-19-16)12-4-8-20(9-5-12)7-1-6-18/h2-3,10-12,19H,1,4-9,18H2. The number of hydrogen-bond donors (Lipinski definition) is 2. The Morgan fingerprint density at radius 2 is 2.10 bits per heavy atom. The molecule has 0 unspecified atom stereocenters. The molecule has 3 nitrogen and oxygen atoms in total. The molecule has 20 heavy (non-hydrogen) atoms. The Bertz CT molecular complexity index is 570. The molecule has 0 aliphatic carbocycles. The second-order valence-electron chi connectivity index (χ2n) is 5.69. The van der Waals surface area contributed by atoms with Gasteiger partial charge in [-0.2, -0.15) is 0 Å². The SMILES string of the molecule is NCCCN1CCC(c2c[nH]c3ccc(Cl)cc23)CC1. The minimum Gasteiger partial charge on any atom is -0.361 e. The molecule has 1 aliphatic heterocycles. The minimum atomic E-state index is 0.649. The number of H-pyrrole nitrogens is 1. The molecule has 0 spiro atoms. The summed E-state index contributed by atoms with van der Waals surface area (Å²) in [5, 5.41) is 2.11. The molecule has 0 atom stereocenters. The summed E-state index contributed by atoms with van der Waals surface area (Å²) >= 11 is 6.13. The van der Waals surface area contributed by atoms with Crippen LogP contribution >= 0.6 is 11.6 Å². The maximum atomic E-state index is 6.13. The fourth-order valence-corrected chi connectivity index (χ4v) is 3.41. The largest absolute Gasteiger partial charge is 0.361 e. The van der Waals surface area contributed by atoms with Crippen molar-refractivity contribution >= 4 is 22.5 Å². The Kier molecular flexibility index (Phi) is 4.29. The quantitative estimate of drug-likeness (QED) is 0.907. The first kappa shape index (κ1) is 13.9. The maximum absolute atomic E-state index is 6.13. The Labute approximate surface area is 125 Å². The molecule has 1 fully saturated rings. The van der Waals surface area contributed by atoms with Crippen LogP contribution < -0.4 is 5.73 Å². The van der Waals surface area contributed by atoms with Gasteiger partial charge in [0.1, 0.15) is 0 Å².